The third kappa shape index (κ3) is 4.59. The van der Waals surface area contributed by atoms with Crippen molar-refractivity contribution in [1.29, 1.82) is 0 Å². The van der Waals surface area contributed by atoms with E-state index >= 15 is 0 Å². The Bertz CT molecular complexity index is 388. The number of carbonyl (C=O) groups is 1. The summed E-state index contributed by atoms with van der Waals surface area (Å²) in [6.45, 7) is 7.69. The lowest BCUT2D eigenvalue weighted by Crippen LogP contribution is -2.27. The summed E-state index contributed by atoms with van der Waals surface area (Å²) in [5.41, 5.74) is 0. The minimum absolute atomic E-state index is 0.0241. The minimum atomic E-state index is -0.523. The zero-order valence-corrected chi connectivity index (χ0v) is 10.1. The Morgan fingerprint density at radius 2 is 2.06 bits per heavy atom. The predicted octanol–water partition coefficient (Wildman–Crippen LogP) is 2.75. The van der Waals surface area contributed by atoms with Gasteiger partial charge >= 0.3 is 6.09 Å². The molecule has 0 fully saturated rings. The number of rotatable bonds is 5. The Labute approximate surface area is 101 Å². The predicted molar refractivity (Wildman–Crippen MR) is 66.4 cm³/mol. The number of ether oxygens (including phenoxy) is 2. The number of carbonyl (C=O) groups excluding carboxylic acids is 1. The van der Waals surface area contributed by atoms with Gasteiger partial charge < -0.3 is 14.8 Å². The van der Waals surface area contributed by atoms with Gasteiger partial charge in [0.15, 0.2) is 11.5 Å². The zero-order valence-electron chi connectivity index (χ0n) is 10.1. The van der Waals surface area contributed by atoms with Crippen molar-refractivity contribution in [2.24, 2.45) is 0 Å². The fraction of sp³-hybridized carbons (Fsp3) is 0.308. The number of amides is 1. The summed E-state index contributed by atoms with van der Waals surface area (Å²) in [6.07, 6.45) is 1.08. The Balaban J connectivity index is 2.69. The third-order valence-corrected chi connectivity index (χ3v) is 1.81. The van der Waals surface area contributed by atoms with E-state index in [1.807, 2.05) is 19.9 Å². The van der Waals surface area contributed by atoms with Crippen molar-refractivity contribution in [3.63, 3.8) is 0 Å². The van der Waals surface area contributed by atoms with Crippen LogP contribution in [-0.4, -0.2) is 18.7 Å². The average Bonchev–Trinajstić information content (AvgIpc) is 2.28. The van der Waals surface area contributed by atoms with Crippen LogP contribution in [0.3, 0.4) is 0 Å². The number of para-hydroxylation sites is 2. The molecule has 0 aliphatic heterocycles. The highest BCUT2D eigenvalue weighted by molar-refractivity contribution is 5.71. The summed E-state index contributed by atoms with van der Waals surface area (Å²) < 4.78 is 10.7. The molecule has 0 unspecified atom stereocenters. The Hall–Kier alpha value is -1.97. The molecule has 0 heterocycles. The lowest BCUT2D eigenvalue weighted by molar-refractivity contribution is 0.193. The first-order valence-electron chi connectivity index (χ1n) is 5.45. The smallest absolute Gasteiger partial charge is 0.412 e. The number of benzene rings is 1. The largest absolute Gasteiger partial charge is 0.487 e. The lowest BCUT2D eigenvalue weighted by atomic mass is 10.3. The molecule has 4 nitrogen and oxygen atoms in total. The second-order valence-electron chi connectivity index (χ2n) is 3.67. The van der Waals surface area contributed by atoms with E-state index in [2.05, 4.69) is 11.9 Å². The van der Waals surface area contributed by atoms with Crippen molar-refractivity contribution in [2.45, 2.75) is 20.0 Å². The first-order chi connectivity index (χ1) is 8.13. The summed E-state index contributed by atoms with van der Waals surface area (Å²) in [6, 6.07) is 7.05. The molecule has 1 rings (SSSR count). The number of hydrogen-bond acceptors (Lipinski definition) is 3. The van der Waals surface area contributed by atoms with Crippen molar-refractivity contribution in [1.82, 2.24) is 5.32 Å². The van der Waals surface area contributed by atoms with Gasteiger partial charge in [-0.25, -0.2) is 4.79 Å². The van der Waals surface area contributed by atoms with Crippen LogP contribution in [0.2, 0.25) is 0 Å². The maximum atomic E-state index is 11.4. The molecule has 0 radical (unpaired) electrons. The van der Waals surface area contributed by atoms with Crippen LogP contribution in [-0.2, 0) is 0 Å². The topological polar surface area (TPSA) is 47.6 Å². The quantitative estimate of drug-likeness (QED) is 0.798. The van der Waals surface area contributed by atoms with Crippen LogP contribution >= 0.6 is 0 Å². The lowest BCUT2D eigenvalue weighted by Gasteiger charge is -2.13. The molecular weight excluding hydrogens is 218 g/mol. The van der Waals surface area contributed by atoms with Gasteiger partial charge in [-0.2, -0.15) is 0 Å². The summed E-state index contributed by atoms with van der Waals surface area (Å²) in [5, 5.41) is 2.53. The van der Waals surface area contributed by atoms with E-state index in [1.165, 1.54) is 0 Å². The van der Waals surface area contributed by atoms with Crippen molar-refractivity contribution >= 4 is 6.09 Å². The fourth-order valence-corrected chi connectivity index (χ4v) is 1.18. The Morgan fingerprint density at radius 3 is 2.65 bits per heavy atom. The zero-order chi connectivity index (χ0) is 12.7. The van der Waals surface area contributed by atoms with Gasteiger partial charge in [0.25, 0.3) is 0 Å². The second kappa shape index (κ2) is 6.58. The van der Waals surface area contributed by atoms with E-state index in [0.29, 0.717) is 18.0 Å². The molecule has 1 amide bonds. The van der Waals surface area contributed by atoms with Gasteiger partial charge in [0.2, 0.25) is 0 Å². The molecule has 0 atom stereocenters. The van der Waals surface area contributed by atoms with Crippen LogP contribution in [0.5, 0.6) is 11.5 Å². The van der Waals surface area contributed by atoms with Gasteiger partial charge in [-0.1, -0.05) is 18.2 Å². The molecule has 0 saturated heterocycles. The first kappa shape index (κ1) is 13.1. The molecule has 0 aliphatic rings. The van der Waals surface area contributed by atoms with Gasteiger partial charge in [0, 0.05) is 6.54 Å². The van der Waals surface area contributed by atoms with Crippen molar-refractivity contribution in [2.75, 3.05) is 6.54 Å². The average molecular weight is 235 g/mol. The van der Waals surface area contributed by atoms with Crippen molar-refractivity contribution in [3.8, 4) is 11.5 Å². The van der Waals surface area contributed by atoms with Gasteiger partial charge in [-0.15, -0.1) is 6.58 Å². The standard InChI is InChI=1S/C13H17NO3/c1-4-9-14-13(15)17-12-8-6-5-7-11(12)16-10(2)3/h4-8,10H,1,9H2,2-3H3,(H,14,15). The van der Waals surface area contributed by atoms with Crippen molar-refractivity contribution in [3.05, 3.63) is 36.9 Å². The van der Waals surface area contributed by atoms with E-state index in [0.717, 1.165) is 0 Å². The van der Waals surface area contributed by atoms with E-state index in [4.69, 9.17) is 9.47 Å². The third-order valence-electron chi connectivity index (χ3n) is 1.81. The Morgan fingerprint density at radius 1 is 1.41 bits per heavy atom. The maximum Gasteiger partial charge on any atom is 0.412 e. The molecule has 17 heavy (non-hydrogen) atoms. The fourth-order valence-electron chi connectivity index (χ4n) is 1.18. The van der Waals surface area contributed by atoms with Crippen LogP contribution in [0.1, 0.15) is 13.8 Å². The van der Waals surface area contributed by atoms with Crippen LogP contribution in [0, 0.1) is 0 Å². The highest BCUT2D eigenvalue weighted by Crippen LogP contribution is 2.27. The van der Waals surface area contributed by atoms with Gasteiger partial charge in [-0.3, -0.25) is 0 Å². The highest BCUT2D eigenvalue weighted by atomic mass is 16.6. The summed E-state index contributed by atoms with van der Waals surface area (Å²) in [5.74, 6) is 0.957. The van der Waals surface area contributed by atoms with E-state index < -0.39 is 6.09 Å². The SMILES string of the molecule is C=CCNC(=O)Oc1ccccc1OC(C)C. The molecule has 0 aliphatic carbocycles. The molecule has 1 aromatic rings. The molecule has 4 heteroatoms. The molecular formula is C13H17NO3. The normalized spacial score (nSPS) is 9.82. The monoisotopic (exact) mass is 235 g/mol. The molecule has 0 bridgehead atoms. The highest BCUT2D eigenvalue weighted by Gasteiger charge is 2.09. The van der Waals surface area contributed by atoms with E-state index in [1.54, 1.807) is 24.3 Å². The van der Waals surface area contributed by atoms with Crippen LogP contribution in [0.25, 0.3) is 0 Å². The number of hydrogen-bond donors (Lipinski definition) is 1. The molecule has 1 N–H and O–H groups in total. The number of nitrogens with one attached hydrogen (secondary N) is 1. The summed E-state index contributed by atoms with van der Waals surface area (Å²) in [4.78, 5) is 11.4. The second-order valence-corrected chi connectivity index (χ2v) is 3.67. The van der Waals surface area contributed by atoms with Gasteiger partial charge in [-0.05, 0) is 26.0 Å². The first-order valence-corrected chi connectivity index (χ1v) is 5.45. The van der Waals surface area contributed by atoms with Gasteiger partial charge in [0.05, 0.1) is 6.10 Å². The van der Waals surface area contributed by atoms with Crippen LogP contribution < -0.4 is 14.8 Å². The maximum absolute atomic E-state index is 11.4. The molecule has 1 aromatic carbocycles. The molecule has 0 spiro atoms. The molecule has 0 saturated carbocycles. The van der Waals surface area contributed by atoms with Crippen LogP contribution in [0.4, 0.5) is 4.79 Å². The van der Waals surface area contributed by atoms with Crippen LogP contribution in [0.15, 0.2) is 36.9 Å². The minimum Gasteiger partial charge on any atom is -0.487 e. The summed E-state index contributed by atoms with van der Waals surface area (Å²) >= 11 is 0. The van der Waals surface area contributed by atoms with Crippen molar-refractivity contribution < 1.29 is 14.3 Å². The summed E-state index contributed by atoms with van der Waals surface area (Å²) in [7, 11) is 0. The molecule has 0 aromatic heterocycles. The van der Waals surface area contributed by atoms with Gasteiger partial charge in [0.1, 0.15) is 0 Å². The van der Waals surface area contributed by atoms with E-state index in [9.17, 15) is 4.79 Å². The van der Waals surface area contributed by atoms with E-state index in [-0.39, 0.29) is 6.10 Å². The molecule has 92 valence electrons. The Kier molecular flexibility index (Phi) is 5.07.